The van der Waals surface area contributed by atoms with Crippen molar-refractivity contribution >= 4 is 11.9 Å². The minimum absolute atomic E-state index is 0.0386. The molecule has 0 radical (unpaired) electrons. The van der Waals surface area contributed by atoms with E-state index in [1.54, 1.807) is 0 Å². The molecule has 0 unspecified atom stereocenters. The summed E-state index contributed by atoms with van der Waals surface area (Å²) in [5.41, 5.74) is 0.609. The van der Waals surface area contributed by atoms with Gasteiger partial charge in [0.1, 0.15) is 11.7 Å². The quantitative estimate of drug-likeness (QED) is 0.501. The maximum absolute atomic E-state index is 11.8. The number of phenolic OH excluding ortho intramolecular Hbond substituents is 2. The number of carbonyl (C=O) groups is 2. The van der Waals surface area contributed by atoms with Crippen LogP contribution in [-0.4, -0.2) is 43.2 Å². The van der Waals surface area contributed by atoms with E-state index in [2.05, 4.69) is 15.3 Å². The molecule has 0 saturated heterocycles. The molecule has 1 heterocycles. The topological polar surface area (TPSA) is 136 Å². The van der Waals surface area contributed by atoms with Crippen LogP contribution in [0.2, 0.25) is 0 Å². The highest BCUT2D eigenvalue weighted by Gasteiger charge is 2.22. The molecule has 5 N–H and O–H groups in total. The lowest BCUT2D eigenvalue weighted by Gasteiger charge is -2.14. The molecular weight excluding hydrogens is 278 g/mol. The van der Waals surface area contributed by atoms with Gasteiger partial charge >= 0.3 is 5.97 Å². The summed E-state index contributed by atoms with van der Waals surface area (Å²) in [5, 5.41) is 30.1. The van der Waals surface area contributed by atoms with Crippen LogP contribution in [0.5, 0.6) is 11.5 Å². The molecule has 0 aliphatic rings. The number of hydrogen-bond donors (Lipinski definition) is 5. The van der Waals surface area contributed by atoms with Crippen LogP contribution in [0.3, 0.4) is 0 Å². The number of aromatic hydroxyl groups is 2. The highest BCUT2D eigenvalue weighted by molar-refractivity contribution is 5.94. The number of nitrogens with zero attached hydrogens (tertiary/aromatic N) is 1. The number of H-pyrrole nitrogens is 1. The number of rotatable bonds is 5. The van der Waals surface area contributed by atoms with Gasteiger partial charge in [-0.15, -0.1) is 0 Å². The number of carbonyl (C=O) groups excluding carboxylic acids is 1. The fourth-order valence-electron chi connectivity index (χ4n) is 1.75. The Morgan fingerprint density at radius 2 is 2.05 bits per heavy atom. The molecule has 21 heavy (non-hydrogen) atoms. The smallest absolute Gasteiger partial charge is 0.326 e. The van der Waals surface area contributed by atoms with E-state index in [9.17, 15) is 19.8 Å². The highest BCUT2D eigenvalue weighted by atomic mass is 16.4. The van der Waals surface area contributed by atoms with Gasteiger partial charge in [0.15, 0.2) is 11.5 Å². The Balaban J connectivity index is 2.10. The number of phenols is 2. The summed E-state index contributed by atoms with van der Waals surface area (Å²) in [6.07, 6.45) is 2.55. The van der Waals surface area contributed by atoms with Gasteiger partial charge in [0.05, 0.1) is 12.5 Å². The molecule has 0 fully saturated rings. The molecule has 8 heteroatoms. The molecule has 2 aromatic rings. The minimum Gasteiger partial charge on any atom is -0.504 e. The van der Waals surface area contributed by atoms with Gasteiger partial charge in [-0.2, -0.15) is 0 Å². The number of hydrogen-bond acceptors (Lipinski definition) is 5. The largest absolute Gasteiger partial charge is 0.504 e. The maximum Gasteiger partial charge on any atom is 0.326 e. The molecule has 0 spiro atoms. The number of benzene rings is 1. The van der Waals surface area contributed by atoms with E-state index in [1.807, 2.05) is 0 Å². The van der Waals surface area contributed by atoms with E-state index in [-0.39, 0.29) is 23.6 Å². The molecule has 0 bridgehead atoms. The highest BCUT2D eigenvalue weighted by Crippen LogP contribution is 2.25. The lowest BCUT2D eigenvalue weighted by atomic mass is 10.1. The summed E-state index contributed by atoms with van der Waals surface area (Å²) in [6, 6.07) is 2.78. The summed E-state index contributed by atoms with van der Waals surface area (Å²) < 4.78 is 0. The standard InChI is InChI=1S/C13H13N3O5/c17-10-2-1-7(4-11(10)18)3-8(13(20)21)16-12(19)9-5-14-6-15-9/h1-2,4-6,8,17-18H,3H2,(H,14,15)(H,16,19)(H,20,21)/t8-/m0/s1. The Kier molecular flexibility index (Phi) is 4.07. The van der Waals surface area contributed by atoms with E-state index < -0.39 is 17.9 Å². The van der Waals surface area contributed by atoms with Gasteiger partial charge in [-0.05, 0) is 17.7 Å². The fourth-order valence-corrected chi connectivity index (χ4v) is 1.75. The Bertz CT molecular complexity index is 654. The van der Waals surface area contributed by atoms with Crippen LogP contribution in [0, 0.1) is 0 Å². The second-order valence-corrected chi connectivity index (χ2v) is 4.36. The van der Waals surface area contributed by atoms with Crippen molar-refractivity contribution in [2.75, 3.05) is 0 Å². The summed E-state index contributed by atoms with van der Waals surface area (Å²) in [7, 11) is 0. The van der Waals surface area contributed by atoms with Gasteiger partial charge in [-0.25, -0.2) is 9.78 Å². The number of aromatic amines is 1. The van der Waals surface area contributed by atoms with E-state index in [1.165, 1.54) is 30.7 Å². The number of aliphatic carboxylic acids is 1. The number of carboxylic acids is 1. The second kappa shape index (κ2) is 5.95. The van der Waals surface area contributed by atoms with Gasteiger partial charge in [0, 0.05) is 6.42 Å². The van der Waals surface area contributed by atoms with Gasteiger partial charge in [0.25, 0.3) is 5.91 Å². The van der Waals surface area contributed by atoms with E-state index in [0.29, 0.717) is 5.56 Å². The molecule has 0 aliphatic heterocycles. The van der Waals surface area contributed by atoms with E-state index >= 15 is 0 Å². The normalized spacial score (nSPS) is 11.8. The monoisotopic (exact) mass is 291 g/mol. The van der Waals surface area contributed by atoms with Crippen LogP contribution in [0.15, 0.2) is 30.7 Å². The van der Waals surface area contributed by atoms with Crippen LogP contribution in [0.25, 0.3) is 0 Å². The first-order chi connectivity index (χ1) is 9.97. The second-order valence-electron chi connectivity index (χ2n) is 4.36. The summed E-state index contributed by atoms with van der Waals surface area (Å²) in [5.74, 6) is -2.46. The summed E-state index contributed by atoms with van der Waals surface area (Å²) in [4.78, 5) is 29.3. The fraction of sp³-hybridized carbons (Fsp3) is 0.154. The lowest BCUT2D eigenvalue weighted by Crippen LogP contribution is -2.42. The molecule has 1 amide bonds. The van der Waals surface area contributed by atoms with Crippen LogP contribution in [-0.2, 0) is 11.2 Å². The predicted molar refractivity (Wildman–Crippen MR) is 71.0 cm³/mol. The van der Waals surface area contributed by atoms with Crippen molar-refractivity contribution in [1.29, 1.82) is 0 Å². The summed E-state index contributed by atoms with van der Waals surface area (Å²) >= 11 is 0. The Labute approximate surface area is 119 Å². The van der Waals surface area contributed by atoms with Crippen LogP contribution >= 0.6 is 0 Å². The maximum atomic E-state index is 11.8. The number of carboxylic acid groups (broad SMARTS) is 1. The van der Waals surface area contributed by atoms with E-state index in [0.717, 1.165) is 0 Å². The van der Waals surface area contributed by atoms with Crippen molar-refractivity contribution in [3.63, 3.8) is 0 Å². The predicted octanol–water partition coefficient (Wildman–Crippen LogP) is 0.247. The first-order valence-corrected chi connectivity index (χ1v) is 6.00. The molecule has 2 rings (SSSR count). The molecule has 8 nitrogen and oxygen atoms in total. The van der Waals surface area contributed by atoms with Crippen molar-refractivity contribution in [3.05, 3.63) is 42.0 Å². The molecule has 110 valence electrons. The third kappa shape index (κ3) is 3.50. The number of aromatic nitrogens is 2. The molecule has 1 aromatic carbocycles. The molecular formula is C13H13N3O5. The average Bonchev–Trinajstić information content (AvgIpc) is 2.96. The van der Waals surface area contributed by atoms with Crippen LogP contribution in [0.4, 0.5) is 0 Å². The molecule has 1 atom stereocenters. The van der Waals surface area contributed by atoms with Crippen molar-refractivity contribution in [1.82, 2.24) is 15.3 Å². The molecule has 1 aromatic heterocycles. The lowest BCUT2D eigenvalue weighted by molar-refractivity contribution is -0.139. The van der Waals surface area contributed by atoms with Crippen molar-refractivity contribution in [2.24, 2.45) is 0 Å². The Morgan fingerprint density at radius 1 is 1.29 bits per heavy atom. The van der Waals surface area contributed by atoms with E-state index in [4.69, 9.17) is 5.11 Å². The minimum atomic E-state index is -1.21. The van der Waals surface area contributed by atoms with Crippen LogP contribution < -0.4 is 5.32 Å². The molecule has 0 saturated carbocycles. The Hall–Kier alpha value is -3.03. The zero-order valence-corrected chi connectivity index (χ0v) is 10.8. The first kappa shape index (κ1) is 14.4. The van der Waals surface area contributed by atoms with Gasteiger partial charge in [0.2, 0.25) is 0 Å². The zero-order chi connectivity index (χ0) is 15.4. The number of nitrogens with one attached hydrogen (secondary N) is 2. The average molecular weight is 291 g/mol. The number of amides is 1. The zero-order valence-electron chi connectivity index (χ0n) is 10.8. The van der Waals surface area contributed by atoms with Crippen molar-refractivity contribution in [2.45, 2.75) is 12.5 Å². The first-order valence-electron chi connectivity index (χ1n) is 6.00. The van der Waals surface area contributed by atoms with Gasteiger partial charge in [-0.3, -0.25) is 4.79 Å². The Morgan fingerprint density at radius 3 is 2.62 bits per heavy atom. The van der Waals surface area contributed by atoms with Crippen molar-refractivity contribution < 1.29 is 24.9 Å². The van der Waals surface area contributed by atoms with Gasteiger partial charge in [-0.1, -0.05) is 6.07 Å². The third-order valence-corrected chi connectivity index (χ3v) is 2.83. The molecule has 0 aliphatic carbocycles. The SMILES string of the molecule is O=C(N[C@@H](Cc1ccc(O)c(O)c1)C(=O)O)c1cnc[nH]1. The van der Waals surface area contributed by atoms with Crippen molar-refractivity contribution in [3.8, 4) is 11.5 Å². The van der Waals surface area contributed by atoms with Crippen LogP contribution in [0.1, 0.15) is 16.1 Å². The third-order valence-electron chi connectivity index (χ3n) is 2.83. The van der Waals surface area contributed by atoms with Gasteiger partial charge < -0.3 is 25.6 Å². The number of imidazole rings is 1. The summed E-state index contributed by atoms with van der Waals surface area (Å²) in [6.45, 7) is 0.